The smallest absolute Gasteiger partial charge is 0.324 e. The predicted molar refractivity (Wildman–Crippen MR) is 123 cm³/mol. The van der Waals surface area contributed by atoms with Gasteiger partial charge in [-0.1, -0.05) is 75.3 Å². The summed E-state index contributed by atoms with van der Waals surface area (Å²) in [4.78, 5) is 29.1. The Balaban J connectivity index is 1.66. The van der Waals surface area contributed by atoms with Gasteiger partial charge < -0.3 is 4.74 Å². The maximum Gasteiger partial charge on any atom is 0.324 e. The zero-order valence-corrected chi connectivity index (χ0v) is 19.5. The topological polar surface area (TPSA) is 46.6 Å². The second-order valence-electron chi connectivity index (χ2n) is 10.9. The number of hydrogen-bond acceptors (Lipinski definition) is 4. The Morgan fingerprint density at radius 3 is 2.26 bits per heavy atom. The maximum atomic E-state index is 13.6. The molecule has 4 nitrogen and oxygen atoms in total. The highest BCUT2D eigenvalue weighted by atomic mass is 16.6. The van der Waals surface area contributed by atoms with Crippen LogP contribution in [0, 0.1) is 17.8 Å². The van der Waals surface area contributed by atoms with Gasteiger partial charge in [-0.15, -0.1) is 0 Å². The Bertz CT molecular complexity index is 762. The van der Waals surface area contributed by atoms with Crippen molar-refractivity contribution < 1.29 is 14.3 Å². The van der Waals surface area contributed by atoms with Crippen molar-refractivity contribution in [1.29, 1.82) is 0 Å². The minimum Gasteiger partial charge on any atom is -0.459 e. The third-order valence-corrected chi connectivity index (χ3v) is 7.69. The Morgan fingerprint density at radius 1 is 0.935 bits per heavy atom. The molecule has 1 aliphatic heterocycles. The lowest BCUT2D eigenvalue weighted by molar-refractivity contribution is -0.162. The van der Waals surface area contributed by atoms with E-state index in [0.717, 1.165) is 12.0 Å². The molecule has 1 heterocycles. The SMILES string of the molecule is CC(C)(C)OC(=O)[C@@H]1[C@@H](C2CCCCC2)C2CCCCC2N1CC(=O)c1ccccc1. The molecule has 31 heavy (non-hydrogen) atoms. The quantitative estimate of drug-likeness (QED) is 0.452. The van der Waals surface area contributed by atoms with E-state index in [1.165, 1.54) is 51.4 Å². The summed E-state index contributed by atoms with van der Waals surface area (Å²) >= 11 is 0. The van der Waals surface area contributed by atoms with Crippen molar-refractivity contribution in [3.63, 3.8) is 0 Å². The van der Waals surface area contributed by atoms with Gasteiger partial charge in [0.2, 0.25) is 0 Å². The van der Waals surface area contributed by atoms with Crippen LogP contribution in [0.4, 0.5) is 0 Å². The van der Waals surface area contributed by atoms with Crippen molar-refractivity contribution >= 4 is 11.8 Å². The highest BCUT2D eigenvalue weighted by Crippen LogP contribution is 2.50. The molecule has 4 atom stereocenters. The number of ether oxygens (including phenoxy) is 1. The van der Waals surface area contributed by atoms with Gasteiger partial charge >= 0.3 is 5.97 Å². The lowest BCUT2D eigenvalue weighted by atomic mass is 9.68. The minimum absolute atomic E-state index is 0.113. The molecular weight excluding hydrogens is 386 g/mol. The monoisotopic (exact) mass is 425 g/mol. The number of Topliss-reactive ketones (excluding diaryl/α,β-unsaturated/α-hetero) is 1. The second kappa shape index (κ2) is 9.44. The van der Waals surface area contributed by atoms with Gasteiger partial charge in [-0.05, 0) is 51.4 Å². The molecule has 1 aromatic carbocycles. The molecule has 0 radical (unpaired) electrons. The van der Waals surface area contributed by atoms with Crippen molar-refractivity contribution in [2.75, 3.05) is 6.54 Å². The molecule has 2 aliphatic carbocycles. The van der Waals surface area contributed by atoms with Gasteiger partial charge in [0.05, 0.1) is 6.54 Å². The molecule has 0 N–H and O–H groups in total. The summed E-state index contributed by atoms with van der Waals surface area (Å²) in [7, 11) is 0. The Kier molecular flexibility index (Phi) is 6.86. The van der Waals surface area contributed by atoms with Crippen molar-refractivity contribution in [2.24, 2.45) is 17.8 Å². The van der Waals surface area contributed by atoms with Gasteiger partial charge in [0.25, 0.3) is 0 Å². The number of esters is 1. The first-order valence-corrected chi connectivity index (χ1v) is 12.4. The molecule has 0 bridgehead atoms. The number of nitrogens with zero attached hydrogens (tertiary/aromatic N) is 1. The lowest BCUT2D eigenvalue weighted by Gasteiger charge is -2.36. The van der Waals surface area contributed by atoms with E-state index in [2.05, 4.69) is 4.90 Å². The number of hydrogen-bond donors (Lipinski definition) is 0. The molecule has 3 fully saturated rings. The first-order valence-electron chi connectivity index (χ1n) is 12.4. The van der Waals surface area contributed by atoms with Crippen LogP contribution in [0.1, 0.15) is 88.9 Å². The van der Waals surface area contributed by atoms with Crippen LogP contribution in [0.3, 0.4) is 0 Å². The zero-order chi connectivity index (χ0) is 22.0. The van der Waals surface area contributed by atoms with Gasteiger partial charge in [-0.2, -0.15) is 0 Å². The van der Waals surface area contributed by atoms with Crippen LogP contribution < -0.4 is 0 Å². The molecule has 170 valence electrons. The fourth-order valence-electron chi connectivity index (χ4n) is 6.54. The summed E-state index contributed by atoms with van der Waals surface area (Å²) in [6.07, 6.45) is 11.0. The van der Waals surface area contributed by atoms with Gasteiger partial charge in [-0.25, -0.2) is 0 Å². The van der Waals surface area contributed by atoms with E-state index in [9.17, 15) is 9.59 Å². The van der Waals surface area contributed by atoms with Crippen LogP contribution in [-0.4, -0.2) is 40.9 Å². The van der Waals surface area contributed by atoms with Crippen LogP contribution >= 0.6 is 0 Å². The molecule has 1 aromatic rings. The molecule has 0 aromatic heterocycles. The van der Waals surface area contributed by atoms with E-state index in [0.29, 0.717) is 30.3 Å². The average molecular weight is 426 g/mol. The van der Waals surface area contributed by atoms with Crippen LogP contribution in [-0.2, 0) is 9.53 Å². The predicted octanol–water partition coefficient (Wildman–Crippen LogP) is 5.65. The number of rotatable bonds is 5. The van der Waals surface area contributed by atoms with Crippen molar-refractivity contribution in [2.45, 2.75) is 96.2 Å². The van der Waals surface area contributed by atoms with E-state index in [1.54, 1.807) is 0 Å². The first-order chi connectivity index (χ1) is 14.8. The van der Waals surface area contributed by atoms with Crippen LogP contribution in [0.5, 0.6) is 0 Å². The van der Waals surface area contributed by atoms with Gasteiger partial charge in [0.15, 0.2) is 5.78 Å². The highest BCUT2D eigenvalue weighted by Gasteiger charge is 2.55. The van der Waals surface area contributed by atoms with Crippen molar-refractivity contribution in [1.82, 2.24) is 4.90 Å². The average Bonchev–Trinajstić information content (AvgIpc) is 3.08. The third-order valence-electron chi connectivity index (χ3n) is 7.69. The fraction of sp³-hybridized carbons (Fsp3) is 0.704. The minimum atomic E-state index is -0.517. The molecule has 1 saturated heterocycles. The number of benzene rings is 1. The van der Waals surface area contributed by atoms with Crippen LogP contribution in [0.2, 0.25) is 0 Å². The first kappa shape index (κ1) is 22.5. The van der Waals surface area contributed by atoms with E-state index in [1.807, 2.05) is 51.1 Å². The van der Waals surface area contributed by atoms with Crippen LogP contribution in [0.15, 0.2) is 30.3 Å². The number of carbonyl (C=O) groups excluding carboxylic acids is 2. The normalized spacial score (nSPS) is 30.0. The number of fused-ring (bicyclic) bond motifs is 1. The number of ketones is 1. The summed E-state index contributed by atoms with van der Waals surface area (Å²) in [5.41, 5.74) is 0.218. The van der Waals surface area contributed by atoms with Crippen molar-refractivity contribution in [3.8, 4) is 0 Å². The molecule has 2 saturated carbocycles. The van der Waals surface area contributed by atoms with Gasteiger partial charge in [0, 0.05) is 11.6 Å². The lowest BCUT2D eigenvalue weighted by Crippen LogP contribution is -2.49. The molecule has 0 amide bonds. The van der Waals surface area contributed by atoms with E-state index in [4.69, 9.17) is 4.74 Å². The summed E-state index contributed by atoms with van der Waals surface area (Å²) in [5.74, 6) is 1.41. The van der Waals surface area contributed by atoms with E-state index < -0.39 is 5.60 Å². The standard InChI is InChI=1S/C27H39NO3/c1-27(2,3)31-26(30)25-24(20-14-8-5-9-15-20)21-16-10-11-17-22(21)28(25)18-23(29)19-12-6-4-7-13-19/h4,6-7,12-13,20-22,24-25H,5,8-11,14-18H2,1-3H3/t21?,22?,24-,25-/m0/s1. The molecule has 4 rings (SSSR count). The molecule has 3 aliphatic rings. The molecule has 4 heteroatoms. The van der Waals surface area contributed by atoms with E-state index in [-0.39, 0.29) is 17.8 Å². The van der Waals surface area contributed by atoms with E-state index >= 15 is 0 Å². The van der Waals surface area contributed by atoms with Crippen molar-refractivity contribution in [3.05, 3.63) is 35.9 Å². The Labute approximate surface area is 187 Å². The number of likely N-dealkylation sites (tertiary alicyclic amines) is 1. The molecule has 0 spiro atoms. The fourth-order valence-corrected chi connectivity index (χ4v) is 6.54. The summed E-state index contributed by atoms with van der Waals surface area (Å²) in [6.45, 7) is 6.16. The summed E-state index contributed by atoms with van der Waals surface area (Å²) in [5, 5.41) is 0. The molecule has 2 unspecified atom stereocenters. The largest absolute Gasteiger partial charge is 0.459 e. The van der Waals surface area contributed by atoms with Gasteiger partial charge in [0.1, 0.15) is 11.6 Å². The highest BCUT2D eigenvalue weighted by molar-refractivity contribution is 5.98. The summed E-state index contributed by atoms with van der Waals surface area (Å²) in [6, 6.07) is 9.57. The Hall–Kier alpha value is -1.68. The Morgan fingerprint density at radius 2 is 1.58 bits per heavy atom. The summed E-state index contributed by atoms with van der Waals surface area (Å²) < 4.78 is 5.97. The molecular formula is C27H39NO3. The second-order valence-corrected chi connectivity index (χ2v) is 10.9. The van der Waals surface area contributed by atoms with Gasteiger partial charge in [-0.3, -0.25) is 14.5 Å². The van der Waals surface area contributed by atoms with Crippen LogP contribution in [0.25, 0.3) is 0 Å². The maximum absolute atomic E-state index is 13.6. The third kappa shape index (κ3) is 5.05. The zero-order valence-electron chi connectivity index (χ0n) is 19.5. The number of carbonyl (C=O) groups is 2.